The minimum absolute atomic E-state index is 0.0481. The van der Waals surface area contributed by atoms with E-state index in [1.54, 1.807) is 0 Å². The number of alkyl halides is 3. The van der Waals surface area contributed by atoms with Crippen molar-refractivity contribution < 1.29 is 27.0 Å². The Labute approximate surface area is 89.0 Å². The monoisotopic (exact) mass is 239 g/mol. The lowest BCUT2D eigenvalue weighted by Gasteiger charge is -2.11. The Kier molecular flexibility index (Phi) is 4.05. The van der Waals surface area contributed by atoms with Gasteiger partial charge in [0.2, 0.25) is 0 Å². The highest BCUT2D eigenvalue weighted by Crippen LogP contribution is 2.22. The first-order chi connectivity index (χ1) is 7.42. The van der Waals surface area contributed by atoms with Crippen molar-refractivity contribution in [3.63, 3.8) is 0 Å². The number of aromatic nitrogens is 1. The van der Waals surface area contributed by atoms with E-state index in [-0.39, 0.29) is 18.1 Å². The lowest BCUT2D eigenvalue weighted by molar-refractivity contribution is -0.153. The van der Waals surface area contributed by atoms with Gasteiger partial charge < -0.3 is 9.47 Å². The Morgan fingerprint density at radius 3 is 2.62 bits per heavy atom. The number of methoxy groups -OCH3 is 1. The zero-order valence-electron chi connectivity index (χ0n) is 8.34. The molecule has 3 nitrogen and oxygen atoms in total. The van der Waals surface area contributed by atoms with Gasteiger partial charge in [-0.25, -0.2) is 4.39 Å². The van der Waals surface area contributed by atoms with Crippen molar-refractivity contribution in [1.82, 2.24) is 4.98 Å². The van der Waals surface area contributed by atoms with E-state index in [1.165, 1.54) is 7.11 Å². The normalized spacial score (nSPS) is 11.6. The van der Waals surface area contributed by atoms with Gasteiger partial charge in [0.25, 0.3) is 0 Å². The molecule has 0 aromatic carbocycles. The third-order valence-electron chi connectivity index (χ3n) is 1.57. The summed E-state index contributed by atoms with van der Waals surface area (Å²) in [4.78, 5) is 3.58. The maximum absolute atomic E-state index is 12.7. The van der Waals surface area contributed by atoms with Gasteiger partial charge in [-0.2, -0.15) is 13.2 Å². The molecular formula is C9H9F4NO2. The minimum atomic E-state index is -4.48. The van der Waals surface area contributed by atoms with E-state index in [4.69, 9.17) is 4.74 Å². The Bertz CT molecular complexity index is 354. The van der Waals surface area contributed by atoms with Crippen LogP contribution in [0, 0.1) is 5.82 Å². The fourth-order valence-electron chi connectivity index (χ4n) is 0.979. The summed E-state index contributed by atoms with van der Waals surface area (Å²) in [5.74, 6) is -1.03. The second kappa shape index (κ2) is 5.11. The van der Waals surface area contributed by atoms with Gasteiger partial charge in [0.15, 0.2) is 6.61 Å². The average Bonchev–Trinajstić information content (AvgIpc) is 2.17. The summed E-state index contributed by atoms with van der Waals surface area (Å²) >= 11 is 0. The van der Waals surface area contributed by atoms with Crippen molar-refractivity contribution in [2.75, 3.05) is 13.7 Å². The number of ether oxygens (including phenoxy) is 2. The van der Waals surface area contributed by atoms with E-state index in [2.05, 4.69) is 9.72 Å². The maximum Gasteiger partial charge on any atom is 0.422 e. The third kappa shape index (κ3) is 4.01. The number of pyridine rings is 1. The highest BCUT2D eigenvalue weighted by Gasteiger charge is 2.29. The molecule has 0 saturated carbocycles. The second-order valence-electron chi connectivity index (χ2n) is 2.94. The van der Waals surface area contributed by atoms with Gasteiger partial charge in [-0.3, -0.25) is 4.98 Å². The minimum Gasteiger partial charge on any atom is -0.482 e. The van der Waals surface area contributed by atoms with E-state index in [0.717, 1.165) is 12.3 Å². The van der Waals surface area contributed by atoms with Gasteiger partial charge in [-0.15, -0.1) is 0 Å². The Morgan fingerprint density at radius 2 is 2.06 bits per heavy atom. The Hall–Kier alpha value is -1.37. The number of halogens is 4. The van der Waals surface area contributed by atoms with Crippen LogP contribution in [-0.2, 0) is 11.3 Å². The standard InChI is InChI=1S/C9H9F4NO2/c1-15-4-7-8(2-6(10)3-14-7)16-5-9(11,12)13/h2-3H,4-5H2,1H3. The van der Waals surface area contributed by atoms with Crippen LogP contribution in [0.3, 0.4) is 0 Å². The predicted molar refractivity (Wildman–Crippen MR) is 46.5 cm³/mol. The van der Waals surface area contributed by atoms with Gasteiger partial charge in [-0.1, -0.05) is 0 Å². The summed E-state index contributed by atoms with van der Waals surface area (Å²) in [6.45, 7) is -1.54. The van der Waals surface area contributed by atoms with Gasteiger partial charge >= 0.3 is 6.18 Å². The van der Waals surface area contributed by atoms with Gasteiger partial charge in [-0.05, 0) is 0 Å². The van der Waals surface area contributed by atoms with Gasteiger partial charge in [0.1, 0.15) is 17.3 Å². The van der Waals surface area contributed by atoms with Crippen molar-refractivity contribution in [3.05, 3.63) is 23.8 Å². The molecule has 1 aromatic rings. The first-order valence-corrected chi connectivity index (χ1v) is 4.25. The zero-order valence-corrected chi connectivity index (χ0v) is 8.34. The fourth-order valence-corrected chi connectivity index (χ4v) is 0.979. The number of rotatable bonds is 4. The first-order valence-electron chi connectivity index (χ1n) is 4.25. The van der Waals surface area contributed by atoms with Crippen molar-refractivity contribution >= 4 is 0 Å². The first kappa shape index (κ1) is 12.7. The third-order valence-corrected chi connectivity index (χ3v) is 1.57. The molecule has 1 rings (SSSR count). The molecule has 16 heavy (non-hydrogen) atoms. The lowest BCUT2D eigenvalue weighted by Crippen LogP contribution is -2.20. The largest absolute Gasteiger partial charge is 0.482 e. The highest BCUT2D eigenvalue weighted by atomic mass is 19.4. The van der Waals surface area contributed by atoms with E-state index in [9.17, 15) is 17.6 Å². The van der Waals surface area contributed by atoms with Crippen molar-refractivity contribution in [1.29, 1.82) is 0 Å². The van der Waals surface area contributed by atoms with E-state index >= 15 is 0 Å². The van der Waals surface area contributed by atoms with Crippen LogP contribution in [-0.4, -0.2) is 24.9 Å². The molecule has 0 amide bonds. The second-order valence-corrected chi connectivity index (χ2v) is 2.94. The molecule has 0 bridgehead atoms. The molecule has 7 heteroatoms. The molecule has 90 valence electrons. The van der Waals surface area contributed by atoms with Crippen LogP contribution in [0.25, 0.3) is 0 Å². The predicted octanol–water partition coefficient (Wildman–Crippen LogP) is 2.31. The van der Waals surface area contributed by atoms with E-state index < -0.39 is 18.6 Å². The SMILES string of the molecule is COCc1ncc(F)cc1OCC(F)(F)F. The van der Waals surface area contributed by atoms with E-state index in [0.29, 0.717) is 0 Å². The van der Waals surface area contributed by atoms with Crippen LogP contribution < -0.4 is 4.74 Å². The summed E-state index contributed by atoms with van der Waals surface area (Å²) in [6, 6.07) is 0.840. The fraction of sp³-hybridized carbons (Fsp3) is 0.444. The van der Waals surface area contributed by atoms with Crippen LogP contribution in [0.15, 0.2) is 12.3 Å². The summed E-state index contributed by atoms with van der Waals surface area (Å²) in [7, 11) is 1.35. The zero-order chi connectivity index (χ0) is 12.2. The molecule has 1 aromatic heterocycles. The number of hydrogen-bond acceptors (Lipinski definition) is 3. The van der Waals surface area contributed by atoms with Gasteiger partial charge in [0.05, 0.1) is 12.8 Å². The summed E-state index contributed by atoms with van der Waals surface area (Å²) in [5.41, 5.74) is 0.119. The highest BCUT2D eigenvalue weighted by molar-refractivity contribution is 5.27. The molecule has 0 radical (unpaired) electrons. The van der Waals surface area contributed by atoms with Crippen LogP contribution in [0.4, 0.5) is 17.6 Å². The van der Waals surface area contributed by atoms with Crippen LogP contribution in [0.5, 0.6) is 5.75 Å². The molecular weight excluding hydrogens is 230 g/mol. The van der Waals surface area contributed by atoms with Crippen molar-refractivity contribution in [3.8, 4) is 5.75 Å². The van der Waals surface area contributed by atoms with Gasteiger partial charge in [0, 0.05) is 13.2 Å². The molecule has 0 aliphatic rings. The lowest BCUT2D eigenvalue weighted by atomic mass is 10.3. The maximum atomic E-state index is 12.7. The molecule has 0 saturated heterocycles. The number of nitrogens with zero attached hydrogens (tertiary/aromatic N) is 1. The molecule has 0 atom stereocenters. The van der Waals surface area contributed by atoms with Crippen LogP contribution >= 0.6 is 0 Å². The van der Waals surface area contributed by atoms with Crippen molar-refractivity contribution in [2.24, 2.45) is 0 Å². The topological polar surface area (TPSA) is 31.4 Å². The van der Waals surface area contributed by atoms with Crippen molar-refractivity contribution in [2.45, 2.75) is 12.8 Å². The summed E-state index contributed by atoms with van der Waals surface area (Å²) < 4.78 is 57.5. The van der Waals surface area contributed by atoms with Crippen LogP contribution in [0.1, 0.15) is 5.69 Å². The number of hydrogen-bond donors (Lipinski definition) is 0. The van der Waals surface area contributed by atoms with Crippen LogP contribution in [0.2, 0.25) is 0 Å². The Morgan fingerprint density at radius 1 is 1.38 bits per heavy atom. The summed E-state index contributed by atoms with van der Waals surface area (Å²) in [6.07, 6.45) is -3.59. The average molecular weight is 239 g/mol. The molecule has 0 fully saturated rings. The quantitative estimate of drug-likeness (QED) is 0.755. The molecule has 0 aliphatic heterocycles. The smallest absolute Gasteiger partial charge is 0.422 e. The molecule has 1 heterocycles. The molecule has 0 spiro atoms. The summed E-state index contributed by atoms with van der Waals surface area (Å²) in [5, 5.41) is 0. The van der Waals surface area contributed by atoms with E-state index in [1.807, 2.05) is 0 Å². The molecule has 0 aliphatic carbocycles. The molecule has 0 unspecified atom stereocenters. The Balaban J connectivity index is 2.79. The molecule has 0 N–H and O–H groups in total.